The molecule has 1 fully saturated rings. The third-order valence-corrected chi connectivity index (χ3v) is 4.77. The van der Waals surface area contributed by atoms with E-state index in [1.165, 1.54) is 0 Å². The van der Waals surface area contributed by atoms with Gasteiger partial charge in [-0.05, 0) is 31.7 Å². The summed E-state index contributed by atoms with van der Waals surface area (Å²) in [6, 6.07) is 2.02. The lowest BCUT2D eigenvalue weighted by Gasteiger charge is -2.13. The highest BCUT2D eigenvalue weighted by Crippen LogP contribution is 2.24. The van der Waals surface area contributed by atoms with E-state index in [1.807, 2.05) is 23.3 Å². The molecule has 3 rings (SSSR count). The maximum atomic E-state index is 11.4. The summed E-state index contributed by atoms with van der Waals surface area (Å²) in [5.41, 5.74) is 2.94. The summed E-state index contributed by atoms with van der Waals surface area (Å²) in [6.45, 7) is 5.32. The maximum Gasteiger partial charge on any atom is 0.219 e. The van der Waals surface area contributed by atoms with Crippen molar-refractivity contribution in [1.82, 2.24) is 19.9 Å². The molecule has 0 bridgehead atoms. The minimum absolute atomic E-state index is 0.166. The first kappa shape index (κ1) is 14.1. The van der Waals surface area contributed by atoms with Gasteiger partial charge in [0.1, 0.15) is 17.0 Å². The first-order valence-corrected chi connectivity index (χ1v) is 7.98. The van der Waals surface area contributed by atoms with E-state index >= 15 is 0 Å². The predicted molar refractivity (Wildman–Crippen MR) is 81.9 cm³/mol. The molecule has 0 unspecified atom stereocenters. The Kier molecular flexibility index (Phi) is 3.96. The van der Waals surface area contributed by atoms with Crippen LogP contribution in [-0.4, -0.2) is 38.8 Å². The number of likely N-dealkylation sites (tertiary alicyclic amines) is 1. The average Bonchev–Trinajstić information content (AvgIpc) is 3.08. The van der Waals surface area contributed by atoms with Crippen molar-refractivity contribution in [2.45, 2.75) is 26.7 Å². The van der Waals surface area contributed by atoms with Crippen molar-refractivity contribution in [1.29, 1.82) is 0 Å². The van der Waals surface area contributed by atoms with Gasteiger partial charge in [-0.3, -0.25) is 4.79 Å². The molecule has 0 saturated carbocycles. The quantitative estimate of drug-likeness (QED) is 0.873. The van der Waals surface area contributed by atoms with E-state index in [1.54, 1.807) is 24.6 Å². The molecule has 0 aliphatic carbocycles. The van der Waals surface area contributed by atoms with Crippen LogP contribution in [0.25, 0.3) is 10.7 Å². The molecule has 6 heteroatoms. The first-order chi connectivity index (χ1) is 10.1. The van der Waals surface area contributed by atoms with Crippen LogP contribution < -0.4 is 0 Å². The molecular formula is C15H18N4OS. The van der Waals surface area contributed by atoms with Crippen LogP contribution in [0, 0.1) is 12.8 Å². The molecule has 0 spiro atoms. The lowest BCUT2D eigenvalue weighted by Crippen LogP contribution is -2.26. The minimum Gasteiger partial charge on any atom is -0.343 e. The van der Waals surface area contributed by atoms with Crippen LogP contribution in [0.1, 0.15) is 24.7 Å². The monoisotopic (exact) mass is 302 g/mol. The highest BCUT2D eigenvalue weighted by Gasteiger charge is 2.24. The fourth-order valence-electron chi connectivity index (χ4n) is 2.68. The van der Waals surface area contributed by atoms with Crippen molar-refractivity contribution in [3.05, 3.63) is 29.2 Å². The molecule has 110 valence electrons. The fourth-order valence-corrected chi connectivity index (χ4v) is 3.44. The number of hydrogen-bond donors (Lipinski definition) is 0. The lowest BCUT2D eigenvalue weighted by molar-refractivity contribution is -0.127. The number of amides is 1. The molecule has 2 aromatic heterocycles. The maximum absolute atomic E-state index is 11.4. The third kappa shape index (κ3) is 3.26. The van der Waals surface area contributed by atoms with Crippen LogP contribution in [0.5, 0.6) is 0 Å². The van der Waals surface area contributed by atoms with Gasteiger partial charge in [0.05, 0.1) is 0 Å². The Morgan fingerprint density at radius 2 is 2.33 bits per heavy atom. The standard InChI is InChI=1S/C15H18N4OS/c1-10-8-21-15(18-10)14-6-13(16-9-17-14)5-12-3-4-19(7-12)11(2)20/h6,8-9,12H,3-5,7H2,1-2H3/t12-/m0/s1. The van der Waals surface area contributed by atoms with Crippen molar-refractivity contribution in [3.8, 4) is 10.7 Å². The van der Waals surface area contributed by atoms with Crippen LogP contribution >= 0.6 is 11.3 Å². The Labute approximate surface area is 128 Å². The number of hydrogen-bond acceptors (Lipinski definition) is 5. The average molecular weight is 302 g/mol. The summed E-state index contributed by atoms with van der Waals surface area (Å²) in [4.78, 5) is 26.4. The molecule has 1 aliphatic heterocycles. The predicted octanol–water partition coefficient (Wildman–Crippen LogP) is 2.32. The van der Waals surface area contributed by atoms with Gasteiger partial charge in [-0.15, -0.1) is 11.3 Å². The van der Waals surface area contributed by atoms with Gasteiger partial charge in [-0.2, -0.15) is 0 Å². The Balaban J connectivity index is 1.71. The topological polar surface area (TPSA) is 59.0 Å². The van der Waals surface area contributed by atoms with E-state index in [-0.39, 0.29) is 5.91 Å². The first-order valence-electron chi connectivity index (χ1n) is 7.11. The van der Waals surface area contributed by atoms with Gasteiger partial charge in [0.25, 0.3) is 0 Å². The molecule has 0 radical (unpaired) electrons. The molecule has 1 aliphatic rings. The number of thiazole rings is 1. The lowest BCUT2D eigenvalue weighted by atomic mass is 10.0. The number of aromatic nitrogens is 3. The van der Waals surface area contributed by atoms with Crippen molar-refractivity contribution in [2.75, 3.05) is 13.1 Å². The fraction of sp³-hybridized carbons (Fsp3) is 0.467. The van der Waals surface area contributed by atoms with Crippen LogP contribution in [-0.2, 0) is 11.2 Å². The van der Waals surface area contributed by atoms with Crippen LogP contribution in [0.15, 0.2) is 17.8 Å². The number of aryl methyl sites for hydroxylation is 1. The van der Waals surface area contributed by atoms with Gasteiger partial charge in [0.2, 0.25) is 5.91 Å². The van der Waals surface area contributed by atoms with Gasteiger partial charge in [0.15, 0.2) is 0 Å². The normalized spacial score (nSPS) is 18.2. The Morgan fingerprint density at radius 3 is 3.00 bits per heavy atom. The van der Waals surface area contributed by atoms with Crippen molar-refractivity contribution >= 4 is 17.2 Å². The second-order valence-electron chi connectivity index (χ2n) is 5.51. The third-order valence-electron chi connectivity index (χ3n) is 3.79. The zero-order chi connectivity index (χ0) is 14.8. The molecule has 3 heterocycles. The number of nitrogens with zero attached hydrogens (tertiary/aromatic N) is 4. The summed E-state index contributed by atoms with van der Waals surface area (Å²) in [5, 5.41) is 2.96. The van der Waals surface area contributed by atoms with Crippen molar-refractivity contribution < 1.29 is 4.79 Å². The number of rotatable bonds is 3. The molecule has 0 N–H and O–H groups in total. The van der Waals surface area contributed by atoms with Crippen LogP contribution in [0.4, 0.5) is 0 Å². The molecule has 2 aromatic rings. The van der Waals surface area contributed by atoms with E-state index in [0.717, 1.165) is 48.0 Å². The smallest absolute Gasteiger partial charge is 0.219 e. The van der Waals surface area contributed by atoms with Crippen molar-refractivity contribution in [2.24, 2.45) is 5.92 Å². The Bertz CT molecular complexity index is 655. The molecule has 1 saturated heterocycles. The summed E-state index contributed by atoms with van der Waals surface area (Å²) in [7, 11) is 0. The minimum atomic E-state index is 0.166. The molecule has 1 amide bonds. The van der Waals surface area contributed by atoms with E-state index in [0.29, 0.717) is 5.92 Å². The molecule has 5 nitrogen and oxygen atoms in total. The van der Waals surface area contributed by atoms with Gasteiger partial charge in [-0.25, -0.2) is 15.0 Å². The highest BCUT2D eigenvalue weighted by molar-refractivity contribution is 7.13. The largest absolute Gasteiger partial charge is 0.343 e. The highest BCUT2D eigenvalue weighted by atomic mass is 32.1. The number of carbonyl (C=O) groups is 1. The zero-order valence-electron chi connectivity index (χ0n) is 12.2. The van der Waals surface area contributed by atoms with Gasteiger partial charge in [0, 0.05) is 36.8 Å². The molecule has 1 atom stereocenters. The number of carbonyl (C=O) groups excluding carboxylic acids is 1. The second-order valence-corrected chi connectivity index (χ2v) is 6.37. The van der Waals surface area contributed by atoms with E-state index < -0.39 is 0 Å². The zero-order valence-corrected chi connectivity index (χ0v) is 13.1. The van der Waals surface area contributed by atoms with E-state index in [4.69, 9.17) is 0 Å². The van der Waals surface area contributed by atoms with E-state index in [9.17, 15) is 4.79 Å². The second kappa shape index (κ2) is 5.89. The SMILES string of the molecule is CC(=O)N1CC[C@@H](Cc2cc(-c3nc(C)cs3)ncn2)C1. The van der Waals surface area contributed by atoms with Crippen molar-refractivity contribution in [3.63, 3.8) is 0 Å². The molecular weight excluding hydrogens is 284 g/mol. The summed E-state index contributed by atoms with van der Waals surface area (Å²) < 4.78 is 0. The van der Waals surface area contributed by atoms with E-state index in [2.05, 4.69) is 15.0 Å². The van der Waals surface area contributed by atoms with Crippen LogP contribution in [0.3, 0.4) is 0 Å². The van der Waals surface area contributed by atoms with Gasteiger partial charge >= 0.3 is 0 Å². The Hall–Kier alpha value is -1.82. The summed E-state index contributed by atoms with van der Waals surface area (Å²) in [5.74, 6) is 0.661. The van der Waals surface area contributed by atoms with Crippen LogP contribution in [0.2, 0.25) is 0 Å². The van der Waals surface area contributed by atoms with Gasteiger partial charge in [-0.1, -0.05) is 0 Å². The Morgan fingerprint density at radius 1 is 1.48 bits per heavy atom. The molecule has 21 heavy (non-hydrogen) atoms. The summed E-state index contributed by atoms with van der Waals surface area (Å²) in [6.07, 6.45) is 3.55. The summed E-state index contributed by atoms with van der Waals surface area (Å²) >= 11 is 1.60. The molecule has 0 aromatic carbocycles. The van der Waals surface area contributed by atoms with Gasteiger partial charge < -0.3 is 4.90 Å².